The van der Waals surface area contributed by atoms with E-state index >= 15 is 0 Å². The fourth-order valence-electron chi connectivity index (χ4n) is 1.67. The third-order valence-corrected chi connectivity index (χ3v) is 3.43. The summed E-state index contributed by atoms with van der Waals surface area (Å²) in [7, 11) is 0. The molecule has 0 amide bonds. The highest BCUT2D eigenvalue weighted by atomic mass is 32.2. The summed E-state index contributed by atoms with van der Waals surface area (Å²) in [4.78, 5) is 0. The molecule has 1 unspecified atom stereocenters. The SMILES string of the molecule is CCSCC(C)Nc1cc(N)cc(OC(C)C)c1. The standard InChI is InChI=1S/C14H24N2OS/c1-5-18-9-11(4)16-13-6-12(15)7-14(8-13)17-10(2)3/h6-8,10-11,16H,5,9,15H2,1-4H3. The van der Waals surface area contributed by atoms with Gasteiger partial charge in [-0.05, 0) is 32.6 Å². The molecule has 1 atom stereocenters. The summed E-state index contributed by atoms with van der Waals surface area (Å²) in [5.41, 5.74) is 7.64. The number of hydrogen-bond donors (Lipinski definition) is 2. The molecule has 4 heteroatoms. The largest absolute Gasteiger partial charge is 0.491 e. The summed E-state index contributed by atoms with van der Waals surface area (Å²) in [6.07, 6.45) is 0.160. The Morgan fingerprint density at radius 1 is 1.28 bits per heavy atom. The third-order valence-electron chi connectivity index (χ3n) is 2.29. The van der Waals surface area contributed by atoms with Crippen LogP contribution >= 0.6 is 11.8 Å². The topological polar surface area (TPSA) is 47.3 Å². The molecule has 3 N–H and O–H groups in total. The zero-order valence-electron chi connectivity index (χ0n) is 11.7. The summed E-state index contributed by atoms with van der Waals surface area (Å²) in [5, 5.41) is 3.45. The summed E-state index contributed by atoms with van der Waals surface area (Å²) in [6.45, 7) is 8.37. The first-order valence-corrected chi connectivity index (χ1v) is 7.58. The van der Waals surface area contributed by atoms with Crippen LogP contribution in [-0.4, -0.2) is 23.7 Å². The number of benzene rings is 1. The van der Waals surface area contributed by atoms with Gasteiger partial charge in [-0.1, -0.05) is 6.92 Å². The molecule has 0 aliphatic heterocycles. The van der Waals surface area contributed by atoms with E-state index in [4.69, 9.17) is 10.5 Å². The highest BCUT2D eigenvalue weighted by Gasteiger charge is 2.05. The molecule has 0 aliphatic rings. The van der Waals surface area contributed by atoms with Gasteiger partial charge < -0.3 is 15.8 Å². The monoisotopic (exact) mass is 268 g/mol. The predicted molar refractivity (Wildman–Crippen MR) is 82.7 cm³/mol. The van der Waals surface area contributed by atoms with Crippen LogP contribution in [0.2, 0.25) is 0 Å². The highest BCUT2D eigenvalue weighted by molar-refractivity contribution is 7.99. The second kappa shape index (κ2) is 7.41. The van der Waals surface area contributed by atoms with Crippen molar-refractivity contribution in [2.75, 3.05) is 22.6 Å². The van der Waals surface area contributed by atoms with Gasteiger partial charge in [-0.3, -0.25) is 0 Å². The second-order valence-electron chi connectivity index (χ2n) is 4.66. The fourth-order valence-corrected chi connectivity index (χ4v) is 2.34. The first-order valence-electron chi connectivity index (χ1n) is 6.42. The van der Waals surface area contributed by atoms with E-state index in [1.165, 1.54) is 0 Å². The zero-order chi connectivity index (χ0) is 13.5. The maximum Gasteiger partial charge on any atom is 0.123 e. The normalized spacial score (nSPS) is 12.5. The average molecular weight is 268 g/mol. The molecule has 0 spiro atoms. The summed E-state index contributed by atoms with van der Waals surface area (Å²) in [6, 6.07) is 6.23. The molecule has 0 saturated heterocycles. The second-order valence-corrected chi connectivity index (χ2v) is 5.98. The number of thioether (sulfide) groups is 1. The van der Waals surface area contributed by atoms with Crippen molar-refractivity contribution in [3.8, 4) is 5.75 Å². The van der Waals surface area contributed by atoms with Crippen molar-refractivity contribution in [1.29, 1.82) is 0 Å². The Hall–Kier alpha value is -1.03. The molecule has 0 fully saturated rings. The van der Waals surface area contributed by atoms with Crippen LogP contribution in [0.15, 0.2) is 18.2 Å². The zero-order valence-corrected chi connectivity index (χ0v) is 12.5. The first kappa shape index (κ1) is 15.0. The molecule has 3 nitrogen and oxygen atoms in total. The lowest BCUT2D eigenvalue weighted by atomic mass is 10.2. The van der Waals surface area contributed by atoms with Crippen molar-refractivity contribution in [2.24, 2.45) is 0 Å². The number of nitrogens with one attached hydrogen (secondary N) is 1. The van der Waals surface area contributed by atoms with E-state index in [0.717, 1.165) is 28.6 Å². The number of nitrogens with two attached hydrogens (primary N) is 1. The minimum Gasteiger partial charge on any atom is -0.491 e. The average Bonchev–Trinajstić information content (AvgIpc) is 2.24. The van der Waals surface area contributed by atoms with Crippen LogP contribution in [-0.2, 0) is 0 Å². The van der Waals surface area contributed by atoms with E-state index in [0.29, 0.717) is 6.04 Å². The van der Waals surface area contributed by atoms with Gasteiger partial charge in [-0.2, -0.15) is 11.8 Å². The summed E-state index contributed by atoms with van der Waals surface area (Å²) in [5.74, 6) is 3.05. The van der Waals surface area contributed by atoms with Gasteiger partial charge >= 0.3 is 0 Å². The van der Waals surface area contributed by atoms with Crippen molar-refractivity contribution in [1.82, 2.24) is 0 Å². The minimum absolute atomic E-state index is 0.160. The van der Waals surface area contributed by atoms with E-state index in [2.05, 4.69) is 19.2 Å². The van der Waals surface area contributed by atoms with Gasteiger partial charge in [0, 0.05) is 35.3 Å². The molecular formula is C14H24N2OS. The van der Waals surface area contributed by atoms with Crippen molar-refractivity contribution in [3.05, 3.63) is 18.2 Å². The van der Waals surface area contributed by atoms with Crippen LogP contribution in [0.5, 0.6) is 5.75 Å². The lowest BCUT2D eigenvalue weighted by Crippen LogP contribution is -2.18. The molecule has 18 heavy (non-hydrogen) atoms. The van der Waals surface area contributed by atoms with Crippen molar-refractivity contribution >= 4 is 23.1 Å². The maximum absolute atomic E-state index is 5.89. The molecule has 1 aromatic rings. The third kappa shape index (κ3) is 5.54. The van der Waals surface area contributed by atoms with E-state index in [1.54, 1.807) is 0 Å². The van der Waals surface area contributed by atoms with E-state index in [-0.39, 0.29) is 6.10 Å². The van der Waals surface area contributed by atoms with E-state index in [9.17, 15) is 0 Å². The Kier molecular flexibility index (Phi) is 6.19. The Morgan fingerprint density at radius 2 is 2.00 bits per heavy atom. The molecule has 0 aliphatic carbocycles. The van der Waals surface area contributed by atoms with Crippen LogP contribution in [0.3, 0.4) is 0 Å². The first-order chi connectivity index (χ1) is 8.51. The molecule has 102 valence electrons. The van der Waals surface area contributed by atoms with Crippen LogP contribution in [0, 0.1) is 0 Å². The van der Waals surface area contributed by atoms with E-state index in [1.807, 2.05) is 43.8 Å². The Bertz CT molecular complexity index is 369. The number of ether oxygens (including phenoxy) is 1. The molecule has 0 aromatic heterocycles. The fraction of sp³-hybridized carbons (Fsp3) is 0.571. The number of hydrogen-bond acceptors (Lipinski definition) is 4. The molecule has 0 saturated carbocycles. The molecule has 1 aromatic carbocycles. The Balaban J connectivity index is 2.67. The quantitative estimate of drug-likeness (QED) is 0.742. The van der Waals surface area contributed by atoms with Gasteiger partial charge in [0.15, 0.2) is 0 Å². The molecule has 1 rings (SSSR count). The number of rotatable bonds is 7. The lowest BCUT2D eigenvalue weighted by Gasteiger charge is -2.17. The van der Waals surface area contributed by atoms with Gasteiger partial charge in [0.25, 0.3) is 0 Å². The molecule has 0 radical (unpaired) electrons. The van der Waals surface area contributed by atoms with Gasteiger partial charge in [0.1, 0.15) is 5.75 Å². The van der Waals surface area contributed by atoms with Gasteiger partial charge in [-0.25, -0.2) is 0 Å². The van der Waals surface area contributed by atoms with Crippen LogP contribution in [0.25, 0.3) is 0 Å². The lowest BCUT2D eigenvalue weighted by molar-refractivity contribution is 0.242. The Morgan fingerprint density at radius 3 is 2.61 bits per heavy atom. The van der Waals surface area contributed by atoms with Crippen LogP contribution in [0.1, 0.15) is 27.7 Å². The van der Waals surface area contributed by atoms with Crippen molar-refractivity contribution in [3.63, 3.8) is 0 Å². The van der Waals surface area contributed by atoms with Crippen LogP contribution in [0.4, 0.5) is 11.4 Å². The van der Waals surface area contributed by atoms with Crippen LogP contribution < -0.4 is 15.8 Å². The maximum atomic E-state index is 5.89. The minimum atomic E-state index is 0.160. The van der Waals surface area contributed by atoms with E-state index < -0.39 is 0 Å². The van der Waals surface area contributed by atoms with Crippen molar-refractivity contribution < 1.29 is 4.74 Å². The highest BCUT2D eigenvalue weighted by Crippen LogP contribution is 2.24. The smallest absolute Gasteiger partial charge is 0.123 e. The predicted octanol–water partition coefficient (Wildman–Crippen LogP) is 3.61. The molecule has 0 heterocycles. The summed E-state index contributed by atoms with van der Waals surface area (Å²) < 4.78 is 5.67. The summed E-state index contributed by atoms with van der Waals surface area (Å²) >= 11 is 1.93. The Labute approximate surface area is 114 Å². The van der Waals surface area contributed by atoms with Gasteiger partial charge in [-0.15, -0.1) is 0 Å². The van der Waals surface area contributed by atoms with Gasteiger partial charge in [0.2, 0.25) is 0 Å². The number of nitrogen functional groups attached to an aromatic ring is 1. The van der Waals surface area contributed by atoms with Gasteiger partial charge in [0.05, 0.1) is 6.10 Å². The van der Waals surface area contributed by atoms with Crippen molar-refractivity contribution in [2.45, 2.75) is 39.8 Å². The molecular weight excluding hydrogens is 244 g/mol. The number of anilines is 2. The molecule has 0 bridgehead atoms.